The van der Waals surface area contributed by atoms with Gasteiger partial charge in [0.15, 0.2) is 0 Å². The van der Waals surface area contributed by atoms with Gasteiger partial charge in [0.05, 0.1) is 6.04 Å². The molecule has 2 nitrogen and oxygen atoms in total. The number of unbranched alkanes of at least 4 members (excludes halogenated alkanes) is 8. The van der Waals surface area contributed by atoms with E-state index in [9.17, 15) is 4.79 Å². The van der Waals surface area contributed by atoms with Crippen LogP contribution in [-0.2, 0) is 4.79 Å². The van der Waals surface area contributed by atoms with Crippen LogP contribution in [0.25, 0.3) is 0 Å². The first-order chi connectivity index (χ1) is 8.22. The number of rotatable bonds is 12. The zero-order valence-electron chi connectivity index (χ0n) is 11.5. The minimum Gasteiger partial charge on any atom is -0.322 e. The molecular formula is C15H30NO. The molecule has 101 valence electrons. The number of carbonyl (C=O) groups is 1. The summed E-state index contributed by atoms with van der Waals surface area (Å²) >= 11 is 0. The third-order valence-corrected chi connectivity index (χ3v) is 3.25. The summed E-state index contributed by atoms with van der Waals surface area (Å²) in [5.74, 6) is 0.183. The van der Waals surface area contributed by atoms with Crippen LogP contribution in [0.3, 0.4) is 0 Å². The minimum absolute atomic E-state index is 0.183. The number of ketones is 1. The van der Waals surface area contributed by atoms with E-state index in [1.807, 2.05) is 0 Å². The van der Waals surface area contributed by atoms with Gasteiger partial charge in [0, 0.05) is 6.42 Å². The van der Waals surface area contributed by atoms with Crippen molar-refractivity contribution in [3.8, 4) is 0 Å². The molecule has 2 heteroatoms. The molecule has 0 saturated carbocycles. The monoisotopic (exact) mass is 240 g/mol. The van der Waals surface area contributed by atoms with E-state index in [1.165, 1.54) is 51.4 Å². The Labute approximate surface area is 107 Å². The van der Waals surface area contributed by atoms with Crippen molar-refractivity contribution < 1.29 is 4.79 Å². The van der Waals surface area contributed by atoms with Crippen LogP contribution < -0.4 is 5.73 Å². The Hall–Kier alpha value is -0.370. The Morgan fingerprint density at radius 3 is 1.94 bits per heavy atom. The summed E-state index contributed by atoms with van der Waals surface area (Å²) in [5, 5.41) is 0. The van der Waals surface area contributed by atoms with E-state index in [-0.39, 0.29) is 11.8 Å². The second kappa shape index (κ2) is 12.1. The third kappa shape index (κ3) is 10.5. The molecule has 0 aromatic carbocycles. The predicted octanol–water partition coefficient (Wildman–Crippen LogP) is 4.03. The van der Waals surface area contributed by atoms with Crippen LogP contribution in [0.1, 0.15) is 77.6 Å². The maximum atomic E-state index is 11.4. The highest BCUT2D eigenvalue weighted by Gasteiger charge is 2.09. The van der Waals surface area contributed by atoms with Crippen molar-refractivity contribution >= 4 is 5.78 Å². The van der Waals surface area contributed by atoms with Gasteiger partial charge in [-0.15, -0.1) is 0 Å². The molecule has 0 rings (SSSR count). The molecule has 0 spiro atoms. The van der Waals surface area contributed by atoms with E-state index in [4.69, 9.17) is 5.73 Å². The van der Waals surface area contributed by atoms with Crippen molar-refractivity contribution in [2.75, 3.05) is 0 Å². The first kappa shape index (κ1) is 16.6. The molecule has 0 heterocycles. The zero-order chi connectivity index (χ0) is 12.9. The Bertz CT molecular complexity index is 180. The lowest BCUT2D eigenvalue weighted by molar-refractivity contribution is -0.120. The van der Waals surface area contributed by atoms with E-state index in [1.54, 1.807) is 0 Å². The van der Waals surface area contributed by atoms with Crippen molar-refractivity contribution in [3.63, 3.8) is 0 Å². The molecule has 0 aliphatic carbocycles. The molecule has 0 aliphatic heterocycles. The van der Waals surface area contributed by atoms with Crippen LogP contribution in [0.15, 0.2) is 0 Å². The SMILES string of the molecule is [CH2]CC(N)C(=O)CCCCCCCCCCC. The smallest absolute Gasteiger partial charge is 0.149 e. The predicted molar refractivity (Wildman–Crippen MR) is 74.8 cm³/mol. The maximum absolute atomic E-state index is 11.4. The number of carbonyl (C=O) groups excluding carboxylic acids is 1. The molecule has 1 radical (unpaired) electrons. The average Bonchev–Trinajstić information content (AvgIpc) is 2.35. The van der Waals surface area contributed by atoms with Gasteiger partial charge in [0.1, 0.15) is 5.78 Å². The fourth-order valence-corrected chi connectivity index (χ4v) is 1.96. The standard InChI is InChI=1S/C15H30NO/c1-3-5-6-7-8-9-10-11-12-13-15(17)14(16)4-2/h14H,2-13,16H2,1H3. The van der Waals surface area contributed by atoms with Gasteiger partial charge in [-0.2, -0.15) is 0 Å². The summed E-state index contributed by atoms with van der Waals surface area (Å²) in [6.45, 7) is 5.90. The summed E-state index contributed by atoms with van der Waals surface area (Å²) in [5.41, 5.74) is 5.61. The number of hydrogen-bond donors (Lipinski definition) is 1. The molecule has 2 N–H and O–H groups in total. The van der Waals surface area contributed by atoms with Crippen LogP contribution in [0, 0.1) is 6.92 Å². The molecule has 0 aliphatic rings. The van der Waals surface area contributed by atoms with E-state index < -0.39 is 0 Å². The second-order valence-electron chi connectivity index (χ2n) is 4.94. The van der Waals surface area contributed by atoms with Gasteiger partial charge in [0.2, 0.25) is 0 Å². The van der Waals surface area contributed by atoms with Gasteiger partial charge in [-0.25, -0.2) is 0 Å². The van der Waals surface area contributed by atoms with Gasteiger partial charge in [0.25, 0.3) is 0 Å². The first-order valence-corrected chi connectivity index (χ1v) is 7.30. The lowest BCUT2D eigenvalue weighted by atomic mass is 10.0. The topological polar surface area (TPSA) is 43.1 Å². The number of Topliss-reactive ketones (excluding diaryl/α,β-unsaturated/α-hetero) is 1. The first-order valence-electron chi connectivity index (χ1n) is 7.30. The zero-order valence-corrected chi connectivity index (χ0v) is 11.5. The van der Waals surface area contributed by atoms with Gasteiger partial charge < -0.3 is 5.73 Å². The summed E-state index contributed by atoms with van der Waals surface area (Å²) in [4.78, 5) is 11.4. The Balaban J connectivity index is 3.16. The lowest BCUT2D eigenvalue weighted by Gasteiger charge is -2.06. The van der Waals surface area contributed by atoms with Gasteiger partial charge in [-0.1, -0.05) is 65.2 Å². The molecule has 17 heavy (non-hydrogen) atoms. The van der Waals surface area contributed by atoms with Gasteiger partial charge in [-0.3, -0.25) is 4.79 Å². The summed E-state index contributed by atoms with van der Waals surface area (Å²) in [7, 11) is 0. The van der Waals surface area contributed by atoms with Crippen LogP contribution in [0.2, 0.25) is 0 Å². The Morgan fingerprint density at radius 2 is 1.47 bits per heavy atom. The molecule has 0 aromatic rings. The summed E-state index contributed by atoms with van der Waals surface area (Å²) in [6, 6.07) is -0.330. The molecule has 0 aromatic heterocycles. The Morgan fingerprint density at radius 1 is 1.00 bits per heavy atom. The molecule has 1 atom stereocenters. The van der Waals surface area contributed by atoms with Gasteiger partial charge in [-0.05, 0) is 12.8 Å². The molecule has 1 unspecified atom stereocenters. The highest BCUT2D eigenvalue weighted by atomic mass is 16.1. The van der Waals surface area contributed by atoms with E-state index in [0.717, 1.165) is 6.42 Å². The van der Waals surface area contributed by atoms with Crippen LogP contribution in [0.4, 0.5) is 0 Å². The maximum Gasteiger partial charge on any atom is 0.149 e. The quantitative estimate of drug-likeness (QED) is 0.523. The van der Waals surface area contributed by atoms with Crippen molar-refractivity contribution in [1.29, 1.82) is 0 Å². The van der Waals surface area contributed by atoms with E-state index >= 15 is 0 Å². The van der Waals surface area contributed by atoms with Crippen molar-refractivity contribution in [1.82, 2.24) is 0 Å². The molecular weight excluding hydrogens is 210 g/mol. The van der Waals surface area contributed by atoms with Crippen LogP contribution >= 0.6 is 0 Å². The average molecular weight is 240 g/mol. The summed E-state index contributed by atoms with van der Waals surface area (Å²) in [6.07, 6.45) is 12.7. The summed E-state index contributed by atoms with van der Waals surface area (Å²) < 4.78 is 0. The molecule has 0 saturated heterocycles. The minimum atomic E-state index is -0.330. The van der Waals surface area contributed by atoms with Crippen molar-refractivity contribution in [2.45, 2.75) is 83.6 Å². The molecule has 0 amide bonds. The van der Waals surface area contributed by atoms with Crippen LogP contribution in [-0.4, -0.2) is 11.8 Å². The lowest BCUT2D eigenvalue weighted by Crippen LogP contribution is -2.29. The highest BCUT2D eigenvalue weighted by molar-refractivity contribution is 5.83. The van der Waals surface area contributed by atoms with E-state index in [2.05, 4.69) is 13.8 Å². The number of hydrogen-bond acceptors (Lipinski definition) is 2. The van der Waals surface area contributed by atoms with Crippen LogP contribution in [0.5, 0.6) is 0 Å². The van der Waals surface area contributed by atoms with Gasteiger partial charge >= 0.3 is 0 Å². The van der Waals surface area contributed by atoms with E-state index in [0.29, 0.717) is 12.8 Å². The molecule has 0 fully saturated rings. The fourth-order valence-electron chi connectivity index (χ4n) is 1.96. The molecule has 0 bridgehead atoms. The fraction of sp³-hybridized carbons (Fsp3) is 0.867. The van der Waals surface area contributed by atoms with Crippen molar-refractivity contribution in [3.05, 3.63) is 6.92 Å². The number of nitrogens with two attached hydrogens (primary N) is 1. The second-order valence-corrected chi connectivity index (χ2v) is 4.94. The largest absolute Gasteiger partial charge is 0.322 e. The third-order valence-electron chi connectivity index (χ3n) is 3.25. The Kier molecular flexibility index (Phi) is 11.8. The van der Waals surface area contributed by atoms with Crippen molar-refractivity contribution in [2.24, 2.45) is 5.73 Å². The normalized spacial score (nSPS) is 12.6. The highest BCUT2D eigenvalue weighted by Crippen LogP contribution is 2.11.